The highest BCUT2D eigenvalue weighted by Crippen LogP contribution is 2.38. The van der Waals surface area contributed by atoms with Crippen LogP contribution in [0.2, 0.25) is 0 Å². The average molecular weight is 190 g/mol. The molecule has 1 aliphatic carbocycles. The van der Waals surface area contributed by atoms with Gasteiger partial charge < -0.3 is 9.26 Å². The Balaban J connectivity index is 2.58. The summed E-state index contributed by atoms with van der Waals surface area (Å²) in [6.45, 7) is 4.49. The standard InChI is InChI=1S/C9H19O2P/c1-4-7-5-8(11-12)9(10-3)6(7)2/h6-9H,4-5,12H2,1-3H3. The van der Waals surface area contributed by atoms with Gasteiger partial charge in [-0.15, -0.1) is 0 Å². The van der Waals surface area contributed by atoms with Crippen molar-refractivity contribution in [3.8, 4) is 0 Å². The first-order valence-electron chi connectivity index (χ1n) is 4.62. The van der Waals surface area contributed by atoms with Gasteiger partial charge >= 0.3 is 0 Å². The van der Waals surface area contributed by atoms with E-state index >= 15 is 0 Å². The summed E-state index contributed by atoms with van der Waals surface area (Å²) < 4.78 is 10.7. The van der Waals surface area contributed by atoms with Crippen molar-refractivity contribution in [2.75, 3.05) is 7.11 Å². The van der Waals surface area contributed by atoms with Gasteiger partial charge in [0.15, 0.2) is 0 Å². The van der Waals surface area contributed by atoms with E-state index < -0.39 is 0 Å². The van der Waals surface area contributed by atoms with Gasteiger partial charge in [-0.1, -0.05) is 20.3 Å². The molecule has 5 unspecified atom stereocenters. The molecule has 12 heavy (non-hydrogen) atoms. The molecule has 2 nitrogen and oxygen atoms in total. The van der Waals surface area contributed by atoms with Gasteiger partial charge in [0.1, 0.15) is 0 Å². The first kappa shape index (κ1) is 10.4. The van der Waals surface area contributed by atoms with Crippen LogP contribution in [-0.4, -0.2) is 19.3 Å². The summed E-state index contributed by atoms with van der Waals surface area (Å²) in [5.41, 5.74) is 0. The minimum absolute atomic E-state index is 0.278. The lowest BCUT2D eigenvalue weighted by molar-refractivity contribution is 0.00744. The van der Waals surface area contributed by atoms with E-state index in [1.807, 2.05) is 0 Å². The predicted molar refractivity (Wildman–Crippen MR) is 52.9 cm³/mol. The molecular weight excluding hydrogens is 171 g/mol. The Kier molecular flexibility index (Phi) is 3.95. The first-order chi connectivity index (χ1) is 5.74. The molecule has 72 valence electrons. The third-order valence-electron chi connectivity index (χ3n) is 3.13. The van der Waals surface area contributed by atoms with E-state index in [1.54, 1.807) is 7.11 Å². The summed E-state index contributed by atoms with van der Waals surface area (Å²) >= 11 is 0. The van der Waals surface area contributed by atoms with Crippen LogP contribution in [0, 0.1) is 11.8 Å². The first-order valence-corrected chi connectivity index (χ1v) is 5.10. The Hall–Kier alpha value is 0.350. The number of rotatable bonds is 3. The molecule has 0 bridgehead atoms. The van der Waals surface area contributed by atoms with Gasteiger partial charge in [0.05, 0.1) is 12.2 Å². The number of hydrogen-bond acceptors (Lipinski definition) is 2. The van der Waals surface area contributed by atoms with Crippen molar-refractivity contribution in [1.82, 2.24) is 0 Å². The summed E-state index contributed by atoms with van der Waals surface area (Å²) in [6.07, 6.45) is 2.93. The lowest BCUT2D eigenvalue weighted by Crippen LogP contribution is -2.27. The van der Waals surface area contributed by atoms with E-state index in [0.29, 0.717) is 5.92 Å². The molecule has 0 aromatic heterocycles. The second-order valence-electron chi connectivity index (χ2n) is 3.64. The second kappa shape index (κ2) is 4.55. The molecule has 0 radical (unpaired) electrons. The normalized spacial score (nSPS) is 42.0. The van der Waals surface area contributed by atoms with Crippen LogP contribution in [-0.2, 0) is 9.26 Å². The largest absolute Gasteiger partial charge is 0.378 e. The van der Waals surface area contributed by atoms with E-state index in [4.69, 9.17) is 9.26 Å². The fraction of sp³-hybridized carbons (Fsp3) is 1.00. The van der Waals surface area contributed by atoms with E-state index in [9.17, 15) is 0 Å². The Labute approximate surface area is 77.3 Å². The third kappa shape index (κ3) is 1.81. The summed E-state index contributed by atoms with van der Waals surface area (Å²) in [5, 5.41) is 0. The van der Waals surface area contributed by atoms with Crippen molar-refractivity contribution in [2.45, 2.75) is 38.9 Å². The van der Waals surface area contributed by atoms with Crippen LogP contribution < -0.4 is 0 Å². The number of hydrogen-bond donors (Lipinski definition) is 0. The van der Waals surface area contributed by atoms with Crippen LogP contribution in [0.3, 0.4) is 0 Å². The van der Waals surface area contributed by atoms with Gasteiger partial charge in [0, 0.05) is 16.6 Å². The van der Waals surface area contributed by atoms with Crippen molar-refractivity contribution in [1.29, 1.82) is 0 Å². The van der Waals surface area contributed by atoms with E-state index in [-0.39, 0.29) is 12.2 Å². The Morgan fingerprint density at radius 2 is 2.17 bits per heavy atom. The molecule has 1 saturated carbocycles. The zero-order chi connectivity index (χ0) is 9.14. The van der Waals surface area contributed by atoms with Crippen molar-refractivity contribution in [2.24, 2.45) is 11.8 Å². The molecule has 5 atom stereocenters. The molecule has 0 spiro atoms. The van der Waals surface area contributed by atoms with Gasteiger partial charge in [0.25, 0.3) is 0 Å². The highest BCUT2D eigenvalue weighted by molar-refractivity contribution is 7.09. The SMILES string of the molecule is CCC1CC(OP)C(OC)C1C. The minimum atomic E-state index is 0.278. The smallest absolute Gasteiger partial charge is 0.0877 e. The molecular formula is C9H19O2P. The van der Waals surface area contributed by atoms with Crippen LogP contribution in [0.25, 0.3) is 0 Å². The molecule has 0 aromatic rings. The Bertz CT molecular complexity index is 138. The number of ether oxygens (including phenoxy) is 1. The van der Waals surface area contributed by atoms with Crippen molar-refractivity contribution in [3.63, 3.8) is 0 Å². The van der Waals surface area contributed by atoms with Gasteiger partial charge in [-0.25, -0.2) is 0 Å². The molecule has 1 rings (SSSR count). The lowest BCUT2D eigenvalue weighted by Gasteiger charge is -2.20. The lowest BCUT2D eigenvalue weighted by atomic mass is 9.95. The predicted octanol–water partition coefficient (Wildman–Crippen LogP) is 2.24. The minimum Gasteiger partial charge on any atom is -0.378 e. The van der Waals surface area contributed by atoms with Crippen LogP contribution in [0.15, 0.2) is 0 Å². The van der Waals surface area contributed by atoms with E-state index in [2.05, 4.69) is 23.3 Å². The van der Waals surface area contributed by atoms with Crippen molar-refractivity contribution < 1.29 is 9.26 Å². The number of methoxy groups -OCH3 is 1. The fourth-order valence-corrected chi connectivity index (χ4v) is 2.56. The maximum atomic E-state index is 5.42. The monoisotopic (exact) mass is 190 g/mol. The molecule has 0 heterocycles. The molecule has 1 fully saturated rings. The van der Waals surface area contributed by atoms with Crippen LogP contribution >= 0.6 is 9.47 Å². The average Bonchev–Trinajstić information content (AvgIpc) is 2.41. The molecule has 0 amide bonds. The molecule has 0 N–H and O–H groups in total. The zero-order valence-electron chi connectivity index (χ0n) is 8.12. The van der Waals surface area contributed by atoms with Crippen LogP contribution in [0.4, 0.5) is 0 Å². The highest BCUT2D eigenvalue weighted by atomic mass is 31.0. The Morgan fingerprint density at radius 1 is 1.50 bits per heavy atom. The van der Waals surface area contributed by atoms with Crippen molar-refractivity contribution >= 4 is 9.47 Å². The van der Waals surface area contributed by atoms with Gasteiger partial charge in [-0.05, 0) is 18.3 Å². The van der Waals surface area contributed by atoms with Gasteiger partial charge in [0.2, 0.25) is 0 Å². The molecule has 1 aliphatic rings. The van der Waals surface area contributed by atoms with Gasteiger partial charge in [-0.3, -0.25) is 0 Å². The second-order valence-corrected chi connectivity index (χ2v) is 3.91. The summed E-state index contributed by atoms with van der Waals surface area (Å²) in [4.78, 5) is 0. The maximum absolute atomic E-state index is 5.42. The van der Waals surface area contributed by atoms with Gasteiger partial charge in [-0.2, -0.15) is 0 Å². The molecule has 3 heteroatoms. The highest BCUT2D eigenvalue weighted by Gasteiger charge is 2.40. The molecule has 0 saturated heterocycles. The quantitative estimate of drug-likeness (QED) is 0.635. The Morgan fingerprint density at radius 3 is 2.50 bits per heavy atom. The van der Waals surface area contributed by atoms with E-state index in [0.717, 1.165) is 12.3 Å². The van der Waals surface area contributed by atoms with Crippen LogP contribution in [0.5, 0.6) is 0 Å². The molecule has 0 aliphatic heterocycles. The maximum Gasteiger partial charge on any atom is 0.0877 e. The van der Waals surface area contributed by atoms with Crippen LogP contribution in [0.1, 0.15) is 26.7 Å². The molecule has 0 aromatic carbocycles. The zero-order valence-corrected chi connectivity index (χ0v) is 9.27. The summed E-state index contributed by atoms with van der Waals surface area (Å²) in [7, 11) is 4.12. The third-order valence-corrected chi connectivity index (χ3v) is 3.48. The topological polar surface area (TPSA) is 18.5 Å². The summed E-state index contributed by atoms with van der Waals surface area (Å²) in [5.74, 6) is 1.39. The van der Waals surface area contributed by atoms with Crippen molar-refractivity contribution in [3.05, 3.63) is 0 Å². The van der Waals surface area contributed by atoms with E-state index in [1.165, 1.54) is 6.42 Å². The summed E-state index contributed by atoms with van der Waals surface area (Å²) in [6, 6.07) is 0. The fourth-order valence-electron chi connectivity index (χ4n) is 2.29.